The standard InChI is InChI=1S/C19H17N3O2/c1-13-2-8-16(9-3-13)22-11-10-17(19(22)24)21-18(23)15-6-4-14(12-20)5-7-15/h2-9,17H,10-11H2,1H3,(H,21,23)/t17-/m1/s1. The molecule has 1 saturated heterocycles. The van der Waals surface area contributed by atoms with Crippen LogP contribution in [0.1, 0.15) is 27.9 Å². The number of hydrogen-bond donors (Lipinski definition) is 1. The molecule has 3 rings (SSSR count). The smallest absolute Gasteiger partial charge is 0.251 e. The van der Waals surface area contributed by atoms with Crippen LogP contribution in [-0.4, -0.2) is 24.4 Å². The highest BCUT2D eigenvalue weighted by Crippen LogP contribution is 2.22. The van der Waals surface area contributed by atoms with Crippen molar-refractivity contribution in [2.75, 3.05) is 11.4 Å². The molecule has 1 N–H and O–H groups in total. The summed E-state index contributed by atoms with van der Waals surface area (Å²) in [5.41, 5.74) is 2.92. The molecule has 5 heteroatoms. The molecule has 0 aliphatic carbocycles. The van der Waals surface area contributed by atoms with Gasteiger partial charge in [0.15, 0.2) is 0 Å². The lowest BCUT2D eigenvalue weighted by Crippen LogP contribution is -2.41. The van der Waals surface area contributed by atoms with Gasteiger partial charge in [0.25, 0.3) is 5.91 Å². The molecule has 2 aromatic carbocycles. The second-order valence-corrected chi connectivity index (χ2v) is 5.83. The molecule has 0 bridgehead atoms. The maximum atomic E-state index is 12.5. The molecular weight excluding hydrogens is 302 g/mol. The number of benzene rings is 2. The zero-order valence-corrected chi connectivity index (χ0v) is 13.3. The Labute approximate surface area is 140 Å². The molecule has 120 valence electrons. The first-order valence-corrected chi connectivity index (χ1v) is 7.77. The lowest BCUT2D eigenvalue weighted by atomic mass is 10.1. The lowest BCUT2D eigenvalue weighted by Gasteiger charge is -2.17. The fraction of sp³-hybridized carbons (Fsp3) is 0.211. The molecule has 1 aliphatic rings. The van der Waals surface area contributed by atoms with Crippen molar-refractivity contribution in [1.82, 2.24) is 5.32 Å². The number of carbonyl (C=O) groups is 2. The third-order valence-corrected chi connectivity index (χ3v) is 4.13. The first-order chi connectivity index (χ1) is 11.6. The number of rotatable bonds is 3. The van der Waals surface area contributed by atoms with Crippen LogP contribution >= 0.6 is 0 Å². The second-order valence-electron chi connectivity index (χ2n) is 5.83. The normalized spacial score (nSPS) is 16.8. The van der Waals surface area contributed by atoms with Gasteiger partial charge in [0.2, 0.25) is 5.91 Å². The van der Waals surface area contributed by atoms with E-state index in [9.17, 15) is 9.59 Å². The molecule has 0 saturated carbocycles. The monoisotopic (exact) mass is 319 g/mol. The van der Waals surface area contributed by atoms with Crippen LogP contribution in [0.4, 0.5) is 5.69 Å². The number of amides is 2. The maximum absolute atomic E-state index is 12.5. The van der Waals surface area contributed by atoms with Gasteiger partial charge >= 0.3 is 0 Å². The molecule has 0 aromatic heterocycles. The number of nitrogens with zero attached hydrogens (tertiary/aromatic N) is 2. The van der Waals surface area contributed by atoms with E-state index in [1.165, 1.54) is 0 Å². The molecule has 5 nitrogen and oxygen atoms in total. The first kappa shape index (κ1) is 15.8. The molecule has 24 heavy (non-hydrogen) atoms. The van der Waals surface area contributed by atoms with Gasteiger partial charge in [-0.15, -0.1) is 0 Å². The number of nitriles is 1. The summed E-state index contributed by atoms with van der Waals surface area (Å²) in [7, 11) is 0. The van der Waals surface area contributed by atoms with E-state index in [0.717, 1.165) is 11.3 Å². The van der Waals surface area contributed by atoms with E-state index in [-0.39, 0.29) is 11.8 Å². The summed E-state index contributed by atoms with van der Waals surface area (Å²) in [5, 5.41) is 11.6. The fourth-order valence-electron chi connectivity index (χ4n) is 2.73. The third-order valence-electron chi connectivity index (χ3n) is 4.13. The Morgan fingerprint density at radius 1 is 1.17 bits per heavy atom. The minimum Gasteiger partial charge on any atom is -0.340 e. The van der Waals surface area contributed by atoms with E-state index in [2.05, 4.69) is 5.32 Å². The van der Waals surface area contributed by atoms with Crippen LogP contribution in [0, 0.1) is 18.3 Å². The second kappa shape index (κ2) is 6.55. The third kappa shape index (κ3) is 3.13. The summed E-state index contributed by atoms with van der Waals surface area (Å²) in [6.07, 6.45) is 0.578. The fourth-order valence-corrected chi connectivity index (χ4v) is 2.73. The van der Waals surface area contributed by atoms with E-state index in [0.29, 0.717) is 24.1 Å². The van der Waals surface area contributed by atoms with Gasteiger partial charge in [-0.3, -0.25) is 9.59 Å². The summed E-state index contributed by atoms with van der Waals surface area (Å²) < 4.78 is 0. The summed E-state index contributed by atoms with van der Waals surface area (Å²) in [5.74, 6) is -0.399. The number of carbonyl (C=O) groups excluding carboxylic acids is 2. The SMILES string of the molecule is Cc1ccc(N2CC[C@@H](NC(=O)c3ccc(C#N)cc3)C2=O)cc1. The van der Waals surface area contributed by atoms with Gasteiger partial charge in [0, 0.05) is 17.8 Å². The molecule has 1 heterocycles. The molecule has 0 spiro atoms. The zero-order valence-electron chi connectivity index (χ0n) is 13.3. The quantitative estimate of drug-likeness (QED) is 0.944. The summed E-state index contributed by atoms with van der Waals surface area (Å²) in [6, 6.07) is 15.6. The van der Waals surface area contributed by atoms with Gasteiger partial charge in [-0.2, -0.15) is 5.26 Å². The van der Waals surface area contributed by atoms with Gasteiger partial charge in [0.1, 0.15) is 6.04 Å². The predicted molar refractivity (Wildman–Crippen MR) is 90.6 cm³/mol. The van der Waals surface area contributed by atoms with Crippen molar-refractivity contribution in [3.63, 3.8) is 0 Å². The van der Waals surface area contributed by atoms with E-state index in [1.54, 1.807) is 29.2 Å². The van der Waals surface area contributed by atoms with Gasteiger partial charge in [-0.05, 0) is 49.7 Å². The Balaban J connectivity index is 1.68. The highest BCUT2D eigenvalue weighted by molar-refractivity contribution is 6.03. The zero-order chi connectivity index (χ0) is 17.1. The topological polar surface area (TPSA) is 73.2 Å². The minimum absolute atomic E-state index is 0.0964. The largest absolute Gasteiger partial charge is 0.340 e. The summed E-state index contributed by atoms with van der Waals surface area (Å²) in [4.78, 5) is 26.5. The van der Waals surface area contributed by atoms with Crippen molar-refractivity contribution >= 4 is 17.5 Å². The Morgan fingerprint density at radius 2 is 1.83 bits per heavy atom. The van der Waals surface area contributed by atoms with Crippen molar-refractivity contribution < 1.29 is 9.59 Å². The van der Waals surface area contributed by atoms with Crippen LogP contribution in [0.3, 0.4) is 0 Å². The van der Waals surface area contributed by atoms with Crippen molar-refractivity contribution in [1.29, 1.82) is 5.26 Å². The Morgan fingerprint density at radius 3 is 2.46 bits per heavy atom. The van der Waals surface area contributed by atoms with Gasteiger partial charge in [-0.25, -0.2) is 0 Å². The summed E-state index contributed by atoms with van der Waals surface area (Å²) in [6.45, 7) is 2.58. The molecule has 0 radical (unpaired) electrons. The molecule has 0 unspecified atom stereocenters. The molecule has 1 fully saturated rings. The average Bonchev–Trinajstić information content (AvgIpc) is 2.96. The van der Waals surface area contributed by atoms with Crippen molar-refractivity contribution in [2.24, 2.45) is 0 Å². The highest BCUT2D eigenvalue weighted by Gasteiger charge is 2.33. The van der Waals surface area contributed by atoms with Crippen LogP contribution < -0.4 is 10.2 Å². The van der Waals surface area contributed by atoms with Gasteiger partial charge < -0.3 is 10.2 Å². The Hall–Kier alpha value is -3.13. The van der Waals surface area contributed by atoms with E-state index in [4.69, 9.17) is 5.26 Å². The highest BCUT2D eigenvalue weighted by atomic mass is 16.2. The van der Waals surface area contributed by atoms with Crippen LogP contribution in [0.15, 0.2) is 48.5 Å². The molecule has 1 atom stereocenters. The van der Waals surface area contributed by atoms with Crippen LogP contribution in [-0.2, 0) is 4.79 Å². The number of nitrogens with one attached hydrogen (secondary N) is 1. The molecule has 2 amide bonds. The van der Waals surface area contributed by atoms with Crippen LogP contribution in [0.2, 0.25) is 0 Å². The van der Waals surface area contributed by atoms with E-state index >= 15 is 0 Å². The van der Waals surface area contributed by atoms with Crippen LogP contribution in [0.25, 0.3) is 0 Å². The first-order valence-electron chi connectivity index (χ1n) is 7.77. The van der Waals surface area contributed by atoms with E-state index < -0.39 is 6.04 Å². The molecular formula is C19H17N3O2. The van der Waals surface area contributed by atoms with Gasteiger partial charge in [-0.1, -0.05) is 17.7 Å². The number of anilines is 1. The average molecular weight is 319 g/mol. The number of aryl methyl sites for hydroxylation is 1. The molecule has 1 aliphatic heterocycles. The van der Waals surface area contributed by atoms with Crippen molar-refractivity contribution in [3.05, 3.63) is 65.2 Å². The lowest BCUT2D eigenvalue weighted by molar-refractivity contribution is -0.118. The Kier molecular flexibility index (Phi) is 4.30. The predicted octanol–water partition coefficient (Wildman–Crippen LogP) is 2.40. The minimum atomic E-state index is -0.519. The maximum Gasteiger partial charge on any atom is 0.251 e. The number of hydrogen-bond acceptors (Lipinski definition) is 3. The molecule has 2 aromatic rings. The van der Waals surface area contributed by atoms with Gasteiger partial charge in [0.05, 0.1) is 11.6 Å². The Bertz CT molecular complexity index is 804. The van der Waals surface area contributed by atoms with Crippen LogP contribution in [0.5, 0.6) is 0 Å². The van der Waals surface area contributed by atoms with Crippen molar-refractivity contribution in [3.8, 4) is 6.07 Å². The van der Waals surface area contributed by atoms with E-state index in [1.807, 2.05) is 37.3 Å². The summed E-state index contributed by atoms with van der Waals surface area (Å²) >= 11 is 0. The van der Waals surface area contributed by atoms with Crippen molar-refractivity contribution in [2.45, 2.75) is 19.4 Å².